The Morgan fingerprint density at radius 2 is 1.85 bits per heavy atom. The highest BCUT2D eigenvalue weighted by atomic mass is 35.5. The molecule has 0 saturated carbocycles. The summed E-state index contributed by atoms with van der Waals surface area (Å²) in [6, 6.07) is 5.70. The summed E-state index contributed by atoms with van der Waals surface area (Å²) in [5.41, 5.74) is 6.25. The molecule has 0 amide bonds. The summed E-state index contributed by atoms with van der Waals surface area (Å²) in [7, 11) is -4.06. The number of nitrogens with one attached hydrogen (secondary N) is 2. The number of hydrogen-bond donors (Lipinski definition) is 4. The van der Waals surface area contributed by atoms with Crippen molar-refractivity contribution in [3.63, 3.8) is 0 Å². The highest BCUT2D eigenvalue weighted by molar-refractivity contribution is 7.89. The molecule has 1 unspecified atom stereocenters. The van der Waals surface area contributed by atoms with E-state index in [4.69, 9.17) is 40.5 Å². The molecule has 0 aromatic heterocycles. The normalized spacial score (nSPS) is 16.3. The molecule has 7 nitrogen and oxygen atoms in total. The van der Waals surface area contributed by atoms with E-state index in [0.717, 1.165) is 0 Å². The number of carboxylic acid groups (broad SMARTS) is 1. The Balaban J connectivity index is 2.07. The lowest BCUT2D eigenvalue weighted by Gasteiger charge is -2.26. The number of benzene rings is 2. The zero-order valence-corrected chi connectivity index (χ0v) is 16.4. The molecular weight excluding hydrogens is 437 g/mol. The molecular formula is C16H12Cl3N3O4S. The monoisotopic (exact) mass is 447 g/mol. The van der Waals surface area contributed by atoms with E-state index < -0.39 is 22.0 Å². The van der Waals surface area contributed by atoms with E-state index in [9.17, 15) is 18.3 Å². The summed E-state index contributed by atoms with van der Waals surface area (Å²) < 4.78 is 27.9. The summed E-state index contributed by atoms with van der Waals surface area (Å²) >= 11 is 18.1. The SMILES string of the molecule is Nc1ccc(S(=O)(=O)NC2C=C(C(=O)O)Nc3cc(Cl)cc(Cl)c32)cc1Cl. The van der Waals surface area contributed by atoms with Gasteiger partial charge in [0.2, 0.25) is 10.0 Å². The number of rotatable bonds is 4. The van der Waals surface area contributed by atoms with Gasteiger partial charge in [-0.25, -0.2) is 13.2 Å². The van der Waals surface area contributed by atoms with Crippen LogP contribution in [0.4, 0.5) is 11.4 Å². The molecule has 2 aromatic rings. The van der Waals surface area contributed by atoms with Gasteiger partial charge in [-0.2, -0.15) is 4.72 Å². The summed E-state index contributed by atoms with van der Waals surface area (Å²) in [6.07, 6.45) is 1.21. The third kappa shape index (κ3) is 3.99. The first-order valence-corrected chi connectivity index (χ1v) is 9.98. The number of nitrogens with two attached hydrogens (primary N) is 1. The molecule has 3 rings (SSSR count). The predicted molar refractivity (Wildman–Crippen MR) is 105 cm³/mol. The molecule has 142 valence electrons. The van der Waals surface area contributed by atoms with Gasteiger partial charge in [-0.15, -0.1) is 0 Å². The Morgan fingerprint density at radius 3 is 2.48 bits per heavy atom. The smallest absolute Gasteiger partial charge is 0.352 e. The van der Waals surface area contributed by atoms with Gasteiger partial charge in [-0.05, 0) is 36.4 Å². The lowest BCUT2D eigenvalue weighted by atomic mass is 10.0. The van der Waals surface area contributed by atoms with E-state index in [1.54, 1.807) is 0 Å². The van der Waals surface area contributed by atoms with Gasteiger partial charge in [0.05, 0.1) is 21.6 Å². The maximum atomic E-state index is 12.8. The molecule has 0 bridgehead atoms. The van der Waals surface area contributed by atoms with E-state index in [1.807, 2.05) is 0 Å². The minimum absolute atomic E-state index is 0.0789. The van der Waals surface area contributed by atoms with Crippen molar-refractivity contribution >= 4 is 62.2 Å². The van der Waals surface area contributed by atoms with E-state index in [1.165, 1.54) is 36.4 Å². The summed E-state index contributed by atoms with van der Waals surface area (Å²) in [5.74, 6) is -1.27. The summed E-state index contributed by atoms with van der Waals surface area (Å²) in [5, 5.41) is 12.5. The molecule has 0 fully saturated rings. The topological polar surface area (TPSA) is 122 Å². The van der Waals surface area contributed by atoms with Crippen molar-refractivity contribution in [2.45, 2.75) is 10.9 Å². The zero-order valence-electron chi connectivity index (χ0n) is 13.3. The Bertz CT molecular complexity index is 1090. The largest absolute Gasteiger partial charge is 0.477 e. The fourth-order valence-electron chi connectivity index (χ4n) is 2.57. The van der Waals surface area contributed by atoms with Crippen LogP contribution < -0.4 is 15.8 Å². The number of carbonyl (C=O) groups is 1. The van der Waals surface area contributed by atoms with Gasteiger partial charge >= 0.3 is 5.97 Å². The number of anilines is 2. The van der Waals surface area contributed by atoms with Crippen LogP contribution in [0.2, 0.25) is 15.1 Å². The first-order chi connectivity index (χ1) is 12.6. The van der Waals surface area contributed by atoms with Crippen molar-refractivity contribution < 1.29 is 18.3 Å². The molecule has 1 heterocycles. The number of nitrogen functional groups attached to an aromatic ring is 1. The first kappa shape index (κ1) is 19.8. The van der Waals surface area contributed by atoms with Crippen molar-refractivity contribution in [3.8, 4) is 0 Å². The highest BCUT2D eigenvalue weighted by Gasteiger charge is 2.30. The molecule has 1 aliphatic rings. The molecule has 5 N–H and O–H groups in total. The molecule has 0 aliphatic carbocycles. The molecule has 0 saturated heterocycles. The number of sulfonamides is 1. The Hall–Kier alpha value is -1.97. The highest BCUT2D eigenvalue weighted by Crippen LogP contribution is 2.39. The number of carboxylic acids is 1. The van der Waals surface area contributed by atoms with Crippen molar-refractivity contribution in [1.29, 1.82) is 0 Å². The second kappa shape index (κ2) is 7.21. The summed E-state index contributed by atoms with van der Waals surface area (Å²) in [4.78, 5) is 11.3. The minimum atomic E-state index is -4.06. The van der Waals surface area contributed by atoms with E-state index >= 15 is 0 Å². The van der Waals surface area contributed by atoms with E-state index in [0.29, 0.717) is 5.56 Å². The molecule has 11 heteroatoms. The number of fused-ring (bicyclic) bond motifs is 1. The van der Waals surface area contributed by atoms with Gasteiger partial charge in [-0.1, -0.05) is 34.8 Å². The zero-order chi connectivity index (χ0) is 19.9. The lowest BCUT2D eigenvalue weighted by molar-refractivity contribution is -0.132. The molecule has 0 spiro atoms. The maximum Gasteiger partial charge on any atom is 0.352 e. The standard InChI is InChI=1S/C16H12Cl3N3O4S/c17-7-3-10(19)15-12(4-7)21-14(16(23)24)6-13(15)22-27(25,26)8-1-2-11(20)9(18)5-8/h1-6,13,21-22H,20H2,(H,23,24). The van der Waals surface area contributed by atoms with E-state index in [-0.39, 0.29) is 37.0 Å². The van der Waals surface area contributed by atoms with Crippen molar-refractivity contribution in [3.05, 3.63) is 62.7 Å². The molecule has 0 radical (unpaired) electrons. The van der Waals surface area contributed by atoms with Crippen LogP contribution in [-0.4, -0.2) is 19.5 Å². The third-order valence-electron chi connectivity index (χ3n) is 3.80. The van der Waals surface area contributed by atoms with E-state index in [2.05, 4.69) is 10.0 Å². The van der Waals surface area contributed by atoms with Crippen LogP contribution in [0, 0.1) is 0 Å². The number of aliphatic carboxylic acids is 1. The lowest BCUT2D eigenvalue weighted by Crippen LogP contribution is -2.32. The average molecular weight is 449 g/mol. The van der Waals surface area contributed by atoms with Crippen LogP contribution in [0.25, 0.3) is 0 Å². The Labute approximate surface area is 169 Å². The Morgan fingerprint density at radius 1 is 1.15 bits per heavy atom. The molecule has 2 aromatic carbocycles. The number of halogens is 3. The van der Waals surface area contributed by atoms with Gasteiger partial charge in [0.1, 0.15) is 5.70 Å². The second-order valence-electron chi connectivity index (χ2n) is 5.64. The first-order valence-electron chi connectivity index (χ1n) is 7.37. The molecule has 27 heavy (non-hydrogen) atoms. The van der Waals surface area contributed by atoms with Crippen LogP contribution in [0.3, 0.4) is 0 Å². The van der Waals surface area contributed by atoms with Crippen molar-refractivity contribution in [2.75, 3.05) is 11.1 Å². The van der Waals surface area contributed by atoms with Crippen LogP contribution in [-0.2, 0) is 14.8 Å². The van der Waals surface area contributed by atoms with Gasteiger partial charge in [0, 0.05) is 21.3 Å². The van der Waals surface area contributed by atoms with Gasteiger partial charge < -0.3 is 16.2 Å². The summed E-state index contributed by atoms with van der Waals surface area (Å²) in [6.45, 7) is 0. The maximum absolute atomic E-state index is 12.8. The predicted octanol–water partition coefficient (Wildman–Crippen LogP) is 3.64. The number of hydrogen-bond acceptors (Lipinski definition) is 5. The van der Waals surface area contributed by atoms with Gasteiger partial charge in [0.15, 0.2) is 0 Å². The van der Waals surface area contributed by atoms with Crippen molar-refractivity contribution in [2.24, 2.45) is 0 Å². The quantitative estimate of drug-likeness (QED) is 0.530. The Kier molecular flexibility index (Phi) is 5.29. The van der Waals surface area contributed by atoms with Crippen LogP contribution in [0.1, 0.15) is 11.6 Å². The molecule has 1 atom stereocenters. The fourth-order valence-corrected chi connectivity index (χ4v) is 4.60. The van der Waals surface area contributed by atoms with Gasteiger partial charge in [-0.3, -0.25) is 0 Å². The third-order valence-corrected chi connectivity index (χ3v) is 6.10. The second-order valence-corrected chi connectivity index (χ2v) is 8.61. The minimum Gasteiger partial charge on any atom is -0.477 e. The van der Waals surface area contributed by atoms with Crippen LogP contribution in [0.5, 0.6) is 0 Å². The molecule has 1 aliphatic heterocycles. The van der Waals surface area contributed by atoms with Crippen LogP contribution in [0.15, 0.2) is 47.0 Å². The van der Waals surface area contributed by atoms with Gasteiger partial charge in [0.25, 0.3) is 0 Å². The fraction of sp³-hybridized carbons (Fsp3) is 0.0625. The van der Waals surface area contributed by atoms with Crippen LogP contribution >= 0.6 is 34.8 Å². The average Bonchev–Trinajstić information content (AvgIpc) is 2.55. The van der Waals surface area contributed by atoms with Crippen molar-refractivity contribution in [1.82, 2.24) is 4.72 Å².